The Labute approximate surface area is 202 Å². The highest BCUT2D eigenvalue weighted by Crippen LogP contribution is 2.21. The number of morpholine rings is 1. The van der Waals surface area contributed by atoms with Crippen LogP contribution in [-0.4, -0.2) is 98.4 Å². The third kappa shape index (κ3) is 5.88. The van der Waals surface area contributed by atoms with Gasteiger partial charge in [0.1, 0.15) is 11.8 Å². The van der Waals surface area contributed by atoms with E-state index in [2.05, 4.69) is 5.32 Å². The number of hydrogen-bond acceptors (Lipinski definition) is 6. The van der Waals surface area contributed by atoms with Gasteiger partial charge in [-0.3, -0.25) is 9.59 Å². The first-order chi connectivity index (χ1) is 16.0. The highest BCUT2D eigenvalue weighted by atomic mass is 32.2. The molecule has 0 spiro atoms. The first-order valence-corrected chi connectivity index (χ1v) is 13.1. The summed E-state index contributed by atoms with van der Waals surface area (Å²) >= 11 is 0. The number of ether oxygens (including phenoxy) is 2. The quantitative estimate of drug-likeness (QED) is 0.602. The molecule has 10 nitrogen and oxygen atoms in total. The molecule has 0 bridgehead atoms. The zero-order chi connectivity index (χ0) is 25.0. The predicted octanol–water partition coefficient (Wildman–Crippen LogP) is 0.948. The number of nitrogens with one attached hydrogen (secondary N) is 1. The molecule has 190 valence electrons. The summed E-state index contributed by atoms with van der Waals surface area (Å²) in [5.41, 5.74) is 0.355. The fourth-order valence-corrected chi connectivity index (χ4v) is 6.13. The van der Waals surface area contributed by atoms with Gasteiger partial charge in [-0.25, -0.2) is 0 Å². The third-order valence-electron chi connectivity index (χ3n) is 6.16. The average molecular weight is 497 g/mol. The molecule has 2 aliphatic rings. The van der Waals surface area contributed by atoms with Crippen molar-refractivity contribution < 1.29 is 27.5 Å². The number of methoxy groups -OCH3 is 1. The summed E-state index contributed by atoms with van der Waals surface area (Å²) in [6.45, 7) is 9.04. The maximum Gasteiger partial charge on any atom is 0.282 e. The number of piperazine rings is 1. The first kappa shape index (κ1) is 26.4. The zero-order valence-electron chi connectivity index (χ0n) is 20.6. The van der Waals surface area contributed by atoms with Gasteiger partial charge in [0.2, 0.25) is 5.91 Å². The van der Waals surface area contributed by atoms with Crippen LogP contribution in [0.4, 0.5) is 0 Å². The summed E-state index contributed by atoms with van der Waals surface area (Å²) < 4.78 is 40.1. The van der Waals surface area contributed by atoms with Crippen LogP contribution in [0.25, 0.3) is 0 Å². The van der Waals surface area contributed by atoms with Crippen LogP contribution in [0, 0.1) is 5.92 Å². The molecule has 0 aliphatic carbocycles. The van der Waals surface area contributed by atoms with Crippen LogP contribution in [0.5, 0.6) is 5.75 Å². The molecule has 3 rings (SSSR count). The summed E-state index contributed by atoms with van der Waals surface area (Å²) in [6, 6.07) is 6.11. The molecule has 0 saturated carbocycles. The minimum Gasteiger partial charge on any atom is -0.496 e. The number of amides is 2. The molecule has 2 fully saturated rings. The van der Waals surface area contributed by atoms with Crippen molar-refractivity contribution in [2.75, 3.05) is 46.4 Å². The Balaban J connectivity index is 1.64. The highest BCUT2D eigenvalue weighted by Gasteiger charge is 2.38. The molecule has 2 heterocycles. The van der Waals surface area contributed by atoms with E-state index in [4.69, 9.17) is 9.47 Å². The fourth-order valence-electron chi connectivity index (χ4n) is 4.38. The lowest BCUT2D eigenvalue weighted by Crippen LogP contribution is -2.60. The lowest BCUT2D eigenvalue weighted by Gasteiger charge is -2.41. The second kappa shape index (κ2) is 11.0. The van der Waals surface area contributed by atoms with Crippen LogP contribution < -0.4 is 10.1 Å². The lowest BCUT2D eigenvalue weighted by molar-refractivity contribution is -0.135. The van der Waals surface area contributed by atoms with Gasteiger partial charge in [0.15, 0.2) is 0 Å². The van der Waals surface area contributed by atoms with Gasteiger partial charge in [-0.1, -0.05) is 26.0 Å². The molecule has 1 aromatic carbocycles. The van der Waals surface area contributed by atoms with Crippen molar-refractivity contribution in [3.63, 3.8) is 0 Å². The topological polar surface area (TPSA) is 108 Å². The fraction of sp³-hybridized carbons (Fsp3) is 0.652. The minimum absolute atomic E-state index is 0.149. The number of hydrogen-bond donors (Lipinski definition) is 1. The molecule has 34 heavy (non-hydrogen) atoms. The van der Waals surface area contributed by atoms with Crippen molar-refractivity contribution in [3.8, 4) is 5.75 Å². The molecule has 11 heteroatoms. The Hall–Kier alpha value is -2.21. The molecule has 0 radical (unpaired) electrons. The van der Waals surface area contributed by atoms with E-state index in [1.165, 1.54) is 15.7 Å². The molecule has 3 atom stereocenters. The summed E-state index contributed by atoms with van der Waals surface area (Å²) in [5.74, 6) is -0.324. The maximum atomic E-state index is 13.3. The molecule has 1 N–H and O–H groups in total. The van der Waals surface area contributed by atoms with Gasteiger partial charge in [0.25, 0.3) is 16.1 Å². The Kier molecular flexibility index (Phi) is 8.56. The van der Waals surface area contributed by atoms with Crippen molar-refractivity contribution in [2.24, 2.45) is 5.92 Å². The van der Waals surface area contributed by atoms with Crippen LogP contribution in [0.3, 0.4) is 0 Å². The zero-order valence-corrected chi connectivity index (χ0v) is 21.4. The average Bonchev–Trinajstić information content (AvgIpc) is 2.81. The monoisotopic (exact) mass is 496 g/mol. The van der Waals surface area contributed by atoms with Crippen LogP contribution in [0.1, 0.15) is 38.1 Å². The SMILES string of the molecule is COc1ccccc1C(=O)NC(C(=O)N1CCN(S(=O)(=O)N2CC(C)OC(C)C2)CC1)C(C)C. The second-order valence-electron chi connectivity index (χ2n) is 9.20. The van der Waals surface area contributed by atoms with Gasteiger partial charge in [-0.2, -0.15) is 17.0 Å². The van der Waals surface area contributed by atoms with Gasteiger partial charge in [-0.05, 0) is 31.9 Å². The van der Waals surface area contributed by atoms with E-state index in [0.29, 0.717) is 24.4 Å². The maximum absolute atomic E-state index is 13.3. The third-order valence-corrected chi connectivity index (χ3v) is 8.13. The summed E-state index contributed by atoms with van der Waals surface area (Å²) in [6.07, 6.45) is -0.333. The molecular weight excluding hydrogens is 460 g/mol. The Morgan fingerprint density at radius 2 is 1.62 bits per heavy atom. The Morgan fingerprint density at radius 1 is 1.03 bits per heavy atom. The van der Waals surface area contributed by atoms with Gasteiger partial charge in [-0.15, -0.1) is 0 Å². The summed E-state index contributed by atoms with van der Waals surface area (Å²) in [5, 5.41) is 2.84. The molecule has 1 aromatic rings. The van der Waals surface area contributed by atoms with Crippen molar-refractivity contribution >= 4 is 22.0 Å². The van der Waals surface area contributed by atoms with E-state index in [1.54, 1.807) is 29.2 Å². The van der Waals surface area contributed by atoms with E-state index in [-0.39, 0.29) is 56.1 Å². The number of benzene rings is 1. The van der Waals surface area contributed by atoms with E-state index in [0.717, 1.165) is 0 Å². The molecule has 0 aromatic heterocycles. The van der Waals surface area contributed by atoms with E-state index < -0.39 is 16.3 Å². The number of para-hydroxylation sites is 1. The molecule has 2 saturated heterocycles. The normalized spacial score (nSPS) is 23.5. The lowest BCUT2D eigenvalue weighted by atomic mass is 10.0. The van der Waals surface area contributed by atoms with Crippen molar-refractivity contribution in [2.45, 2.75) is 45.9 Å². The molecule has 2 amide bonds. The van der Waals surface area contributed by atoms with Crippen molar-refractivity contribution in [1.29, 1.82) is 0 Å². The van der Waals surface area contributed by atoms with Crippen LogP contribution in [0.2, 0.25) is 0 Å². The highest BCUT2D eigenvalue weighted by molar-refractivity contribution is 7.86. The standard InChI is InChI=1S/C23H36N4O6S/c1-16(2)21(24-22(28)19-8-6-7-9-20(19)32-5)23(29)25-10-12-26(13-11-25)34(30,31)27-14-17(3)33-18(4)15-27/h6-9,16-18,21H,10-15H2,1-5H3,(H,24,28). The van der Waals surface area contributed by atoms with E-state index in [9.17, 15) is 18.0 Å². The number of carbonyl (C=O) groups is 2. The van der Waals surface area contributed by atoms with Gasteiger partial charge < -0.3 is 19.7 Å². The van der Waals surface area contributed by atoms with Gasteiger partial charge in [0.05, 0.1) is 24.9 Å². The van der Waals surface area contributed by atoms with Gasteiger partial charge in [0, 0.05) is 39.3 Å². The van der Waals surface area contributed by atoms with Crippen LogP contribution in [-0.2, 0) is 19.7 Å². The van der Waals surface area contributed by atoms with E-state index >= 15 is 0 Å². The first-order valence-electron chi connectivity index (χ1n) is 11.7. The number of carbonyl (C=O) groups excluding carboxylic acids is 2. The van der Waals surface area contributed by atoms with Crippen molar-refractivity contribution in [1.82, 2.24) is 18.8 Å². The largest absolute Gasteiger partial charge is 0.496 e. The Morgan fingerprint density at radius 3 is 2.18 bits per heavy atom. The number of rotatable bonds is 7. The Bertz CT molecular complexity index is 967. The van der Waals surface area contributed by atoms with Gasteiger partial charge >= 0.3 is 0 Å². The summed E-state index contributed by atoms with van der Waals surface area (Å²) in [7, 11) is -2.15. The molecular formula is C23H36N4O6S. The number of nitrogens with zero attached hydrogens (tertiary/aromatic N) is 3. The molecule has 3 unspecified atom stereocenters. The van der Waals surface area contributed by atoms with E-state index in [1.807, 2.05) is 27.7 Å². The van der Waals surface area contributed by atoms with Crippen molar-refractivity contribution in [3.05, 3.63) is 29.8 Å². The predicted molar refractivity (Wildman–Crippen MR) is 128 cm³/mol. The second-order valence-corrected chi connectivity index (χ2v) is 11.1. The van der Waals surface area contributed by atoms with Crippen LogP contribution in [0.15, 0.2) is 24.3 Å². The summed E-state index contributed by atoms with van der Waals surface area (Å²) in [4.78, 5) is 27.8. The minimum atomic E-state index is -3.63. The molecule has 2 aliphatic heterocycles. The van der Waals surface area contributed by atoms with Crippen LogP contribution >= 0.6 is 0 Å². The smallest absolute Gasteiger partial charge is 0.282 e.